The van der Waals surface area contributed by atoms with Crippen LogP contribution in [0.5, 0.6) is 5.75 Å². The Balaban J connectivity index is 2.70. The van der Waals surface area contributed by atoms with Crippen LogP contribution in [0.25, 0.3) is 10.9 Å². The number of pyridine rings is 1. The summed E-state index contributed by atoms with van der Waals surface area (Å²) in [6.45, 7) is 1.82. The summed E-state index contributed by atoms with van der Waals surface area (Å²) in [7, 11) is 0. The van der Waals surface area contributed by atoms with E-state index in [1.807, 2.05) is 6.92 Å². The lowest BCUT2D eigenvalue weighted by Gasteiger charge is -2.09. The van der Waals surface area contributed by atoms with Crippen LogP contribution in [0.2, 0.25) is 0 Å². The highest BCUT2D eigenvalue weighted by Gasteiger charge is 2.19. The van der Waals surface area contributed by atoms with Crippen molar-refractivity contribution in [3.8, 4) is 5.75 Å². The van der Waals surface area contributed by atoms with Crippen molar-refractivity contribution in [2.24, 2.45) is 0 Å². The number of H-pyrrole nitrogens is 1. The van der Waals surface area contributed by atoms with Crippen molar-refractivity contribution in [1.82, 2.24) is 4.98 Å². The second-order valence-electron chi connectivity index (χ2n) is 3.98. The number of carbonyl (C=O) groups excluding carboxylic acids is 1. The van der Waals surface area contributed by atoms with Crippen LogP contribution in [-0.2, 0) is 0 Å². The summed E-state index contributed by atoms with van der Waals surface area (Å²) >= 11 is 5.94. The van der Waals surface area contributed by atoms with Crippen molar-refractivity contribution in [2.75, 3.05) is 0 Å². The second-order valence-corrected chi connectivity index (χ2v) is 4.51. The fourth-order valence-corrected chi connectivity index (χ4v) is 1.92. The number of aromatic amines is 1. The highest BCUT2D eigenvalue weighted by molar-refractivity contribution is 6.35. The number of phenolic OH excluding ortho intramolecular Hbond substituents is 1. The molecule has 0 bridgehead atoms. The maximum Gasteiger partial charge on any atom is 0.248 e. The molecular weight excluding hydrogens is 254 g/mol. The third-order valence-electron chi connectivity index (χ3n) is 2.78. The maximum absolute atomic E-state index is 12.1. The zero-order valence-electron chi connectivity index (χ0n) is 9.74. The van der Waals surface area contributed by atoms with Crippen molar-refractivity contribution in [3.63, 3.8) is 0 Å². The van der Waals surface area contributed by atoms with Gasteiger partial charge in [-0.2, -0.15) is 0 Å². The molecule has 1 aromatic carbocycles. The van der Waals surface area contributed by atoms with E-state index in [0.717, 1.165) is 0 Å². The van der Waals surface area contributed by atoms with Crippen molar-refractivity contribution < 1.29 is 9.90 Å². The lowest BCUT2D eigenvalue weighted by Crippen LogP contribution is -2.14. The Hall–Kier alpha value is -1.81. The van der Waals surface area contributed by atoms with Gasteiger partial charge < -0.3 is 10.1 Å². The van der Waals surface area contributed by atoms with Crippen LogP contribution in [-0.4, -0.2) is 21.3 Å². The molecule has 0 aliphatic heterocycles. The fraction of sp³-hybridized carbons (Fsp3) is 0.231. The number of fused-ring (bicyclic) bond motifs is 1. The summed E-state index contributed by atoms with van der Waals surface area (Å²) in [5.41, 5.74) is 0.328. The molecule has 2 N–H and O–H groups in total. The summed E-state index contributed by atoms with van der Waals surface area (Å²) in [5.74, 6) is -0.280. The number of alkyl halides is 1. The zero-order chi connectivity index (χ0) is 13.3. The molecule has 1 unspecified atom stereocenters. The number of Topliss-reactive ketones (excluding diaryl/α,β-unsaturated/α-hetero) is 1. The average Bonchev–Trinajstić information content (AvgIpc) is 2.38. The van der Waals surface area contributed by atoms with E-state index in [1.165, 1.54) is 24.3 Å². The third kappa shape index (κ3) is 2.11. The van der Waals surface area contributed by atoms with Crippen LogP contribution in [0.1, 0.15) is 23.7 Å². The fourth-order valence-electron chi connectivity index (χ4n) is 1.81. The molecule has 0 radical (unpaired) electrons. The molecule has 1 heterocycles. The van der Waals surface area contributed by atoms with E-state index in [2.05, 4.69) is 4.98 Å². The molecule has 2 rings (SSSR count). The second kappa shape index (κ2) is 4.82. The number of halogens is 1. The number of phenols is 1. The summed E-state index contributed by atoms with van der Waals surface area (Å²) in [5, 5.41) is 9.58. The van der Waals surface area contributed by atoms with Crippen LogP contribution in [0, 0.1) is 0 Å². The zero-order valence-corrected chi connectivity index (χ0v) is 10.5. The third-order valence-corrected chi connectivity index (χ3v) is 3.29. The number of aromatic nitrogens is 1. The quantitative estimate of drug-likeness (QED) is 0.661. The molecule has 0 spiro atoms. The number of aromatic hydroxyl groups is 1. The number of rotatable bonds is 3. The minimum Gasteiger partial charge on any atom is -0.506 e. The molecule has 18 heavy (non-hydrogen) atoms. The highest BCUT2D eigenvalue weighted by atomic mass is 35.5. The summed E-state index contributed by atoms with van der Waals surface area (Å²) in [6, 6.07) is 5.72. The van der Waals surface area contributed by atoms with Gasteiger partial charge in [0.25, 0.3) is 0 Å². The normalized spacial score (nSPS) is 12.6. The summed E-state index contributed by atoms with van der Waals surface area (Å²) in [6.07, 6.45) is 0.520. The predicted molar refractivity (Wildman–Crippen MR) is 70.5 cm³/mol. The van der Waals surface area contributed by atoms with Crippen LogP contribution >= 0.6 is 11.6 Å². The number of carbonyl (C=O) groups is 1. The molecule has 1 aromatic heterocycles. The monoisotopic (exact) mass is 265 g/mol. The molecule has 2 aromatic rings. The smallest absolute Gasteiger partial charge is 0.248 e. The molecule has 0 aliphatic carbocycles. The number of ketones is 1. The Morgan fingerprint density at radius 3 is 2.78 bits per heavy atom. The molecule has 0 amide bonds. The van der Waals surface area contributed by atoms with Gasteiger partial charge in [-0.25, -0.2) is 0 Å². The first kappa shape index (κ1) is 12.6. The van der Waals surface area contributed by atoms with Gasteiger partial charge >= 0.3 is 0 Å². The van der Waals surface area contributed by atoms with Crippen molar-refractivity contribution in [1.29, 1.82) is 0 Å². The van der Waals surface area contributed by atoms with Crippen LogP contribution < -0.4 is 5.56 Å². The lowest BCUT2D eigenvalue weighted by atomic mass is 10.0. The van der Waals surface area contributed by atoms with E-state index < -0.39 is 5.38 Å². The molecular formula is C13H12ClNO3. The minimum atomic E-state index is -0.607. The molecule has 0 saturated heterocycles. The van der Waals surface area contributed by atoms with Crippen LogP contribution in [0.15, 0.2) is 29.1 Å². The van der Waals surface area contributed by atoms with Gasteiger partial charge in [-0.15, -0.1) is 11.6 Å². The van der Waals surface area contributed by atoms with Gasteiger partial charge in [0, 0.05) is 17.0 Å². The van der Waals surface area contributed by atoms with Crippen LogP contribution in [0.3, 0.4) is 0 Å². The number of benzene rings is 1. The van der Waals surface area contributed by atoms with Gasteiger partial charge in [0.1, 0.15) is 5.75 Å². The van der Waals surface area contributed by atoms with Crippen molar-refractivity contribution >= 4 is 28.3 Å². The first-order valence-corrected chi connectivity index (χ1v) is 6.01. The van der Waals surface area contributed by atoms with E-state index in [0.29, 0.717) is 17.4 Å². The maximum atomic E-state index is 12.1. The Labute approximate surface area is 108 Å². The van der Waals surface area contributed by atoms with Gasteiger partial charge in [-0.05, 0) is 24.6 Å². The first-order valence-electron chi connectivity index (χ1n) is 5.58. The Kier molecular flexibility index (Phi) is 3.39. The van der Waals surface area contributed by atoms with Crippen molar-refractivity contribution in [3.05, 3.63) is 40.2 Å². The van der Waals surface area contributed by atoms with Crippen LogP contribution in [0.4, 0.5) is 0 Å². The topological polar surface area (TPSA) is 70.2 Å². The Morgan fingerprint density at radius 1 is 1.39 bits per heavy atom. The van der Waals surface area contributed by atoms with Gasteiger partial charge in [-0.1, -0.05) is 6.92 Å². The van der Waals surface area contributed by atoms with Gasteiger partial charge in [0.05, 0.1) is 10.9 Å². The molecule has 4 nitrogen and oxygen atoms in total. The Bertz CT molecular complexity index is 663. The van der Waals surface area contributed by atoms with E-state index >= 15 is 0 Å². The largest absolute Gasteiger partial charge is 0.506 e. The summed E-state index contributed by atoms with van der Waals surface area (Å²) in [4.78, 5) is 25.8. The average molecular weight is 266 g/mol. The Morgan fingerprint density at radius 2 is 2.11 bits per heavy atom. The highest BCUT2D eigenvalue weighted by Crippen LogP contribution is 2.26. The lowest BCUT2D eigenvalue weighted by molar-refractivity contribution is 0.0987. The van der Waals surface area contributed by atoms with E-state index in [1.54, 1.807) is 0 Å². The number of nitrogens with one attached hydrogen (secondary N) is 1. The van der Waals surface area contributed by atoms with Gasteiger partial charge in [0.2, 0.25) is 5.56 Å². The van der Waals surface area contributed by atoms with Gasteiger partial charge in [-0.3, -0.25) is 9.59 Å². The van der Waals surface area contributed by atoms with Crippen molar-refractivity contribution in [2.45, 2.75) is 18.7 Å². The van der Waals surface area contributed by atoms with E-state index in [9.17, 15) is 14.7 Å². The van der Waals surface area contributed by atoms with E-state index in [-0.39, 0.29) is 22.6 Å². The molecule has 0 fully saturated rings. The molecule has 94 valence electrons. The predicted octanol–water partition coefficient (Wildman–Crippen LogP) is 2.43. The summed E-state index contributed by atoms with van der Waals surface area (Å²) < 4.78 is 0. The number of hydrogen-bond donors (Lipinski definition) is 2. The van der Waals surface area contributed by atoms with E-state index in [4.69, 9.17) is 11.6 Å². The molecule has 5 heteroatoms. The standard InChI is InChI=1S/C13H12ClNO3/c1-2-9(14)13(18)8-3-5-10(16)12-7(8)4-6-11(17)15-12/h3-6,9,16H,2H2,1H3,(H,15,17). The van der Waals surface area contributed by atoms with Gasteiger partial charge in [0.15, 0.2) is 5.78 Å². The molecule has 1 atom stereocenters. The number of hydrogen-bond acceptors (Lipinski definition) is 3. The SMILES string of the molecule is CCC(Cl)C(=O)c1ccc(O)c2[nH]c(=O)ccc12. The molecule has 0 aliphatic rings. The molecule has 0 saturated carbocycles. The first-order chi connectivity index (χ1) is 8.54. The minimum absolute atomic E-state index is 0.0677.